The van der Waals surface area contributed by atoms with Crippen molar-refractivity contribution >= 4 is 17.7 Å². The van der Waals surface area contributed by atoms with Crippen molar-refractivity contribution in [1.29, 1.82) is 0 Å². The first-order valence-corrected chi connectivity index (χ1v) is 13.0. The molecule has 3 amide bonds. The molecule has 3 fully saturated rings. The van der Waals surface area contributed by atoms with Crippen molar-refractivity contribution < 1.29 is 14.4 Å². The van der Waals surface area contributed by atoms with Crippen LogP contribution in [0.15, 0.2) is 18.2 Å². The number of nitrogens with one attached hydrogen (secondary N) is 2. The minimum atomic E-state index is -0.553. The van der Waals surface area contributed by atoms with E-state index < -0.39 is 6.04 Å². The Balaban J connectivity index is 1.13. The summed E-state index contributed by atoms with van der Waals surface area (Å²) in [5.74, 6) is 0.143. The van der Waals surface area contributed by atoms with E-state index in [1.54, 1.807) is 4.90 Å². The Morgan fingerprint density at radius 2 is 1.74 bits per heavy atom. The van der Waals surface area contributed by atoms with Gasteiger partial charge in [-0.1, -0.05) is 18.2 Å². The molecule has 2 N–H and O–H groups in total. The van der Waals surface area contributed by atoms with Gasteiger partial charge in [0.2, 0.25) is 11.8 Å². The number of hydrogen-bond donors (Lipinski definition) is 2. The highest BCUT2D eigenvalue weighted by Gasteiger charge is 2.40. The van der Waals surface area contributed by atoms with Gasteiger partial charge in [0.15, 0.2) is 0 Å². The quantitative estimate of drug-likeness (QED) is 0.589. The SMILES string of the molecule is O=C1CCC(N2Cc3cccc(CN4CCC(CCCN5CCNCC5)CC4)c3C2=O)C(=O)N1. The minimum absolute atomic E-state index is 0.0668. The van der Waals surface area contributed by atoms with Crippen molar-refractivity contribution in [2.75, 3.05) is 45.8 Å². The van der Waals surface area contributed by atoms with E-state index in [-0.39, 0.29) is 24.1 Å². The van der Waals surface area contributed by atoms with E-state index in [0.717, 1.165) is 55.3 Å². The zero-order valence-electron chi connectivity index (χ0n) is 20.1. The maximum Gasteiger partial charge on any atom is 0.255 e. The maximum atomic E-state index is 13.3. The third-order valence-electron chi connectivity index (χ3n) is 8.04. The predicted molar refractivity (Wildman–Crippen MR) is 129 cm³/mol. The van der Waals surface area contributed by atoms with Crippen LogP contribution < -0.4 is 10.6 Å². The largest absolute Gasteiger partial charge is 0.322 e. The van der Waals surface area contributed by atoms with Gasteiger partial charge in [-0.05, 0) is 68.8 Å². The number of carbonyl (C=O) groups is 3. The van der Waals surface area contributed by atoms with Crippen LogP contribution in [0.2, 0.25) is 0 Å². The summed E-state index contributed by atoms with van der Waals surface area (Å²) in [6.07, 6.45) is 5.76. The molecule has 1 unspecified atom stereocenters. The highest BCUT2D eigenvalue weighted by molar-refractivity contribution is 6.05. The summed E-state index contributed by atoms with van der Waals surface area (Å²) >= 11 is 0. The number of benzene rings is 1. The molecule has 0 spiro atoms. The summed E-state index contributed by atoms with van der Waals surface area (Å²) in [6, 6.07) is 5.53. The Hall–Kier alpha value is -2.29. The van der Waals surface area contributed by atoms with Crippen molar-refractivity contribution in [3.8, 4) is 0 Å². The van der Waals surface area contributed by atoms with Crippen LogP contribution in [0.1, 0.15) is 60.0 Å². The lowest BCUT2D eigenvalue weighted by molar-refractivity contribution is -0.136. The van der Waals surface area contributed by atoms with Gasteiger partial charge in [-0.15, -0.1) is 0 Å². The fourth-order valence-electron chi connectivity index (χ4n) is 6.03. The first-order valence-electron chi connectivity index (χ1n) is 13.0. The van der Waals surface area contributed by atoms with E-state index in [1.165, 1.54) is 45.3 Å². The summed E-state index contributed by atoms with van der Waals surface area (Å²) in [7, 11) is 0. The summed E-state index contributed by atoms with van der Waals surface area (Å²) in [6.45, 7) is 9.21. The zero-order valence-corrected chi connectivity index (χ0v) is 20.1. The normalized spacial score (nSPS) is 25.0. The topological polar surface area (TPSA) is 85.0 Å². The Morgan fingerprint density at radius 3 is 2.50 bits per heavy atom. The van der Waals surface area contributed by atoms with Crippen LogP contribution in [0, 0.1) is 5.92 Å². The Labute approximate surface area is 202 Å². The average molecular weight is 468 g/mol. The fraction of sp³-hybridized carbons (Fsp3) is 0.654. The predicted octanol–water partition coefficient (Wildman–Crippen LogP) is 1.35. The molecule has 0 saturated carbocycles. The van der Waals surface area contributed by atoms with Gasteiger partial charge in [0.1, 0.15) is 6.04 Å². The van der Waals surface area contributed by atoms with Crippen LogP contribution in [0.25, 0.3) is 0 Å². The smallest absolute Gasteiger partial charge is 0.255 e. The van der Waals surface area contributed by atoms with E-state index in [9.17, 15) is 14.4 Å². The third kappa shape index (κ3) is 5.19. The summed E-state index contributed by atoms with van der Waals surface area (Å²) in [5, 5.41) is 5.80. The number of carbonyl (C=O) groups excluding carboxylic acids is 3. The number of piperazine rings is 1. The first-order chi connectivity index (χ1) is 16.6. The number of rotatable bonds is 7. The lowest BCUT2D eigenvalue weighted by Crippen LogP contribution is -2.52. The minimum Gasteiger partial charge on any atom is -0.322 e. The molecule has 1 aromatic carbocycles. The molecule has 1 atom stereocenters. The van der Waals surface area contributed by atoms with E-state index in [2.05, 4.69) is 26.5 Å². The lowest BCUT2D eigenvalue weighted by atomic mass is 9.91. The molecule has 184 valence electrons. The van der Waals surface area contributed by atoms with Crippen molar-refractivity contribution in [2.24, 2.45) is 5.92 Å². The Kier molecular flexibility index (Phi) is 7.27. The molecular weight excluding hydrogens is 430 g/mol. The number of likely N-dealkylation sites (tertiary alicyclic amines) is 1. The molecule has 0 bridgehead atoms. The summed E-state index contributed by atoms with van der Waals surface area (Å²) < 4.78 is 0. The van der Waals surface area contributed by atoms with Crippen molar-refractivity contribution in [3.63, 3.8) is 0 Å². The molecule has 3 saturated heterocycles. The second-order valence-corrected chi connectivity index (χ2v) is 10.3. The number of fused-ring (bicyclic) bond motifs is 1. The second-order valence-electron chi connectivity index (χ2n) is 10.3. The Morgan fingerprint density at radius 1 is 0.941 bits per heavy atom. The maximum absolute atomic E-state index is 13.3. The monoisotopic (exact) mass is 467 g/mol. The van der Waals surface area contributed by atoms with Crippen LogP contribution in [0.4, 0.5) is 0 Å². The highest BCUT2D eigenvalue weighted by Crippen LogP contribution is 2.31. The van der Waals surface area contributed by atoms with Crippen LogP contribution in [0.3, 0.4) is 0 Å². The van der Waals surface area contributed by atoms with Gasteiger partial charge in [0.25, 0.3) is 5.91 Å². The van der Waals surface area contributed by atoms with Gasteiger partial charge >= 0.3 is 0 Å². The van der Waals surface area contributed by atoms with Crippen LogP contribution in [-0.4, -0.2) is 84.3 Å². The number of hydrogen-bond acceptors (Lipinski definition) is 6. The van der Waals surface area contributed by atoms with Gasteiger partial charge in [-0.3, -0.25) is 24.6 Å². The van der Waals surface area contributed by atoms with Crippen molar-refractivity contribution in [1.82, 2.24) is 25.3 Å². The number of nitrogens with zero attached hydrogens (tertiary/aromatic N) is 3. The van der Waals surface area contributed by atoms with Gasteiger partial charge < -0.3 is 15.1 Å². The fourth-order valence-corrected chi connectivity index (χ4v) is 6.03. The van der Waals surface area contributed by atoms with Crippen LogP contribution >= 0.6 is 0 Å². The van der Waals surface area contributed by atoms with Gasteiger partial charge in [-0.2, -0.15) is 0 Å². The lowest BCUT2D eigenvalue weighted by Gasteiger charge is -2.33. The van der Waals surface area contributed by atoms with Crippen molar-refractivity contribution in [3.05, 3.63) is 34.9 Å². The molecule has 4 aliphatic heterocycles. The number of imide groups is 1. The van der Waals surface area contributed by atoms with Gasteiger partial charge in [-0.25, -0.2) is 0 Å². The molecule has 1 aromatic rings. The first kappa shape index (κ1) is 23.5. The van der Waals surface area contributed by atoms with E-state index >= 15 is 0 Å². The molecule has 8 heteroatoms. The molecule has 5 rings (SSSR count). The summed E-state index contributed by atoms with van der Waals surface area (Å²) in [5.41, 5.74) is 2.83. The molecule has 34 heavy (non-hydrogen) atoms. The Bertz CT molecular complexity index is 921. The van der Waals surface area contributed by atoms with E-state index in [4.69, 9.17) is 0 Å². The molecular formula is C26H37N5O3. The molecule has 0 radical (unpaired) electrons. The highest BCUT2D eigenvalue weighted by atomic mass is 16.2. The third-order valence-corrected chi connectivity index (χ3v) is 8.04. The second kappa shape index (κ2) is 10.5. The van der Waals surface area contributed by atoms with Crippen LogP contribution in [-0.2, 0) is 22.7 Å². The van der Waals surface area contributed by atoms with Gasteiger partial charge in [0.05, 0.1) is 0 Å². The molecule has 8 nitrogen and oxygen atoms in total. The average Bonchev–Trinajstić information content (AvgIpc) is 3.18. The zero-order chi connectivity index (χ0) is 23.5. The molecule has 4 aliphatic rings. The van der Waals surface area contributed by atoms with E-state index in [0.29, 0.717) is 13.0 Å². The molecule has 4 heterocycles. The standard InChI is InChI=1S/C26H37N5O3/c32-23-7-6-22(25(33)28-23)31-18-21-5-1-4-20(24(21)26(31)34)17-30-13-8-19(9-14-30)3-2-12-29-15-10-27-11-16-29/h1,4-5,19,22,27H,2-3,6-18H2,(H,28,32,33). The van der Waals surface area contributed by atoms with E-state index in [1.807, 2.05) is 12.1 Å². The van der Waals surface area contributed by atoms with Crippen molar-refractivity contribution in [2.45, 2.75) is 57.7 Å². The van der Waals surface area contributed by atoms with Gasteiger partial charge in [0, 0.05) is 51.3 Å². The van der Waals surface area contributed by atoms with Crippen LogP contribution in [0.5, 0.6) is 0 Å². The molecule has 0 aromatic heterocycles. The molecule has 0 aliphatic carbocycles. The summed E-state index contributed by atoms with van der Waals surface area (Å²) in [4.78, 5) is 43.9. The number of piperidine rings is 2. The number of amides is 3.